The zero-order valence-electron chi connectivity index (χ0n) is 11.4. The molecule has 0 heterocycles. The number of halogens is 1. The third kappa shape index (κ3) is 5.46. The average Bonchev–Trinajstić information content (AvgIpc) is 2.38. The highest BCUT2D eigenvalue weighted by Crippen LogP contribution is 2.26. The Morgan fingerprint density at radius 2 is 2.00 bits per heavy atom. The molecule has 7 heteroatoms. The normalized spacial score (nSPS) is 10.4. The smallest absolute Gasteiger partial charge is 0.313 e. The number of carbonyl (C=O) groups is 2. The molecule has 0 bridgehead atoms. The Bertz CT molecular complexity index is 492. The minimum atomic E-state index is -0.840. The number of nitrogens with zero attached hydrogens (tertiary/aromatic N) is 1. The Hall–Kier alpha value is -1.79. The Morgan fingerprint density at radius 3 is 2.65 bits per heavy atom. The van der Waals surface area contributed by atoms with Crippen LogP contribution in [0.5, 0.6) is 5.75 Å². The van der Waals surface area contributed by atoms with Crippen LogP contribution in [-0.2, 0) is 9.59 Å². The Morgan fingerprint density at radius 1 is 1.30 bits per heavy atom. The van der Waals surface area contributed by atoms with E-state index in [1.807, 2.05) is 19.0 Å². The Labute approximate surface area is 122 Å². The van der Waals surface area contributed by atoms with Gasteiger partial charge in [-0.15, -0.1) is 0 Å². The number of hydrogen-bond acceptors (Lipinski definition) is 4. The van der Waals surface area contributed by atoms with Crippen LogP contribution in [0.15, 0.2) is 18.2 Å². The molecule has 1 rings (SSSR count). The summed E-state index contributed by atoms with van der Waals surface area (Å²) in [4.78, 5) is 25.1. The van der Waals surface area contributed by atoms with Crippen LogP contribution < -0.4 is 10.6 Å². The minimum absolute atomic E-state index is 0.103. The predicted octanol–water partition coefficient (Wildman–Crippen LogP) is 1.05. The number of rotatable bonds is 5. The number of hydrogen-bond donors (Lipinski definition) is 3. The van der Waals surface area contributed by atoms with Crippen LogP contribution in [0.2, 0.25) is 5.02 Å². The molecule has 0 spiro atoms. The Balaban J connectivity index is 2.45. The predicted molar refractivity (Wildman–Crippen MR) is 77.9 cm³/mol. The lowest BCUT2D eigenvalue weighted by atomic mass is 10.3. The zero-order chi connectivity index (χ0) is 15.1. The number of anilines is 1. The highest BCUT2D eigenvalue weighted by molar-refractivity contribution is 6.40. The van der Waals surface area contributed by atoms with Gasteiger partial charge in [0, 0.05) is 11.6 Å². The van der Waals surface area contributed by atoms with Crippen molar-refractivity contribution in [3.63, 3.8) is 0 Å². The average molecular weight is 300 g/mol. The SMILES string of the molecule is CN(C)CCCNC(=O)C(=O)Nc1cc(Cl)ccc1O. The van der Waals surface area contributed by atoms with E-state index < -0.39 is 11.8 Å². The molecule has 0 aliphatic heterocycles. The third-order valence-electron chi connectivity index (χ3n) is 2.48. The first kappa shape index (κ1) is 16.3. The summed E-state index contributed by atoms with van der Waals surface area (Å²) in [7, 11) is 3.85. The molecule has 20 heavy (non-hydrogen) atoms. The van der Waals surface area contributed by atoms with Crippen LogP contribution in [-0.4, -0.2) is 49.0 Å². The van der Waals surface area contributed by atoms with Crippen LogP contribution >= 0.6 is 11.6 Å². The fourth-order valence-corrected chi connectivity index (χ4v) is 1.64. The van der Waals surface area contributed by atoms with Crippen molar-refractivity contribution in [2.24, 2.45) is 0 Å². The van der Waals surface area contributed by atoms with Crippen molar-refractivity contribution in [1.29, 1.82) is 0 Å². The van der Waals surface area contributed by atoms with Crippen molar-refractivity contribution in [3.8, 4) is 5.75 Å². The molecule has 3 N–H and O–H groups in total. The summed E-state index contributed by atoms with van der Waals surface area (Å²) in [6.45, 7) is 1.23. The highest BCUT2D eigenvalue weighted by atomic mass is 35.5. The molecule has 0 atom stereocenters. The van der Waals surface area contributed by atoms with Gasteiger partial charge in [-0.25, -0.2) is 0 Å². The van der Waals surface area contributed by atoms with E-state index >= 15 is 0 Å². The summed E-state index contributed by atoms with van der Waals surface area (Å²) in [6.07, 6.45) is 0.744. The summed E-state index contributed by atoms with van der Waals surface area (Å²) < 4.78 is 0. The molecular formula is C13H18ClN3O3. The summed E-state index contributed by atoms with van der Waals surface area (Å²) in [6, 6.07) is 4.19. The van der Waals surface area contributed by atoms with E-state index in [4.69, 9.17) is 11.6 Å². The molecular weight excluding hydrogens is 282 g/mol. The van der Waals surface area contributed by atoms with Gasteiger partial charge in [-0.2, -0.15) is 0 Å². The van der Waals surface area contributed by atoms with Crippen molar-refractivity contribution >= 4 is 29.1 Å². The first-order valence-corrected chi connectivity index (χ1v) is 6.50. The van der Waals surface area contributed by atoms with Gasteiger partial charge < -0.3 is 20.6 Å². The number of phenols is 1. The lowest BCUT2D eigenvalue weighted by Gasteiger charge is -2.10. The molecule has 1 aromatic carbocycles. The van der Waals surface area contributed by atoms with Gasteiger partial charge in [0.2, 0.25) is 0 Å². The van der Waals surface area contributed by atoms with Crippen molar-refractivity contribution in [1.82, 2.24) is 10.2 Å². The number of carbonyl (C=O) groups excluding carboxylic acids is 2. The number of phenolic OH excluding ortho intramolecular Hbond substituents is 1. The lowest BCUT2D eigenvalue weighted by Crippen LogP contribution is -2.36. The van der Waals surface area contributed by atoms with E-state index in [2.05, 4.69) is 10.6 Å². The van der Waals surface area contributed by atoms with Crippen LogP contribution in [0.25, 0.3) is 0 Å². The molecule has 110 valence electrons. The molecule has 0 unspecified atom stereocenters. The maximum absolute atomic E-state index is 11.6. The van der Waals surface area contributed by atoms with Crippen LogP contribution in [0.1, 0.15) is 6.42 Å². The molecule has 0 aliphatic carbocycles. The van der Waals surface area contributed by atoms with Gasteiger partial charge in [-0.3, -0.25) is 9.59 Å². The topological polar surface area (TPSA) is 81.7 Å². The standard InChI is InChI=1S/C13H18ClN3O3/c1-17(2)7-3-6-15-12(19)13(20)16-10-8-9(14)4-5-11(10)18/h4-5,8,18H,3,6-7H2,1-2H3,(H,15,19)(H,16,20). The first-order valence-electron chi connectivity index (χ1n) is 6.12. The summed E-state index contributed by atoms with van der Waals surface area (Å²) in [5, 5.41) is 14.7. The van der Waals surface area contributed by atoms with E-state index in [1.54, 1.807) is 0 Å². The molecule has 1 aromatic rings. The fourth-order valence-electron chi connectivity index (χ4n) is 1.46. The summed E-state index contributed by atoms with van der Waals surface area (Å²) in [5.41, 5.74) is 0.103. The Kier molecular flexibility index (Phi) is 6.27. The van der Waals surface area contributed by atoms with Crippen LogP contribution in [0.3, 0.4) is 0 Å². The van der Waals surface area contributed by atoms with Gasteiger partial charge in [0.25, 0.3) is 0 Å². The molecule has 0 fully saturated rings. The van der Waals surface area contributed by atoms with Gasteiger partial charge >= 0.3 is 11.8 Å². The zero-order valence-corrected chi connectivity index (χ0v) is 12.2. The van der Waals surface area contributed by atoms with E-state index in [9.17, 15) is 14.7 Å². The quantitative estimate of drug-likeness (QED) is 0.431. The molecule has 0 radical (unpaired) electrons. The number of benzene rings is 1. The maximum atomic E-state index is 11.6. The fraction of sp³-hybridized carbons (Fsp3) is 0.385. The van der Waals surface area contributed by atoms with Gasteiger partial charge in [0.05, 0.1) is 5.69 Å². The monoisotopic (exact) mass is 299 g/mol. The van der Waals surface area contributed by atoms with E-state index in [0.717, 1.165) is 13.0 Å². The van der Waals surface area contributed by atoms with Gasteiger partial charge in [0.1, 0.15) is 5.75 Å². The second-order valence-corrected chi connectivity index (χ2v) is 4.96. The highest BCUT2D eigenvalue weighted by Gasteiger charge is 2.15. The van der Waals surface area contributed by atoms with Crippen LogP contribution in [0.4, 0.5) is 5.69 Å². The van der Waals surface area contributed by atoms with Crippen molar-refractivity contribution in [2.45, 2.75) is 6.42 Å². The van der Waals surface area contributed by atoms with E-state index in [0.29, 0.717) is 11.6 Å². The molecule has 6 nitrogen and oxygen atoms in total. The molecule has 0 saturated carbocycles. The van der Waals surface area contributed by atoms with Crippen molar-refractivity contribution in [2.75, 3.05) is 32.5 Å². The number of aromatic hydroxyl groups is 1. The molecule has 0 aromatic heterocycles. The first-order chi connectivity index (χ1) is 9.40. The molecule has 0 aliphatic rings. The summed E-state index contributed by atoms with van der Waals surface area (Å²) in [5.74, 6) is -1.74. The van der Waals surface area contributed by atoms with E-state index in [-0.39, 0.29) is 11.4 Å². The van der Waals surface area contributed by atoms with E-state index in [1.165, 1.54) is 18.2 Å². The number of amides is 2. The van der Waals surface area contributed by atoms with Crippen LogP contribution in [0, 0.1) is 0 Å². The van der Waals surface area contributed by atoms with Gasteiger partial charge in [-0.1, -0.05) is 11.6 Å². The largest absolute Gasteiger partial charge is 0.506 e. The second kappa shape index (κ2) is 7.72. The van der Waals surface area contributed by atoms with Crippen molar-refractivity contribution < 1.29 is 14.7 Å². The molecule has 0 saturated heterocycles. The van der Waals surface area contributed by atoms with Gasteiger partial charge in [-0.05, 0) is 45.3 Å². The summed E-state index contributed by atoms with van der Waals surface area (Å²) >= 11 is 5.74. The lowest BCUT2D eigenvalue weighted by molar-refractivity contribution is -0.136. The van der Waals surface area contributed by atoms with Crippen molar-refractivity contribution in [3.05, 3.63) is 23.2 Å². The maximum Gasteiger partial charge on any atom is 0.313 e. The minimum Gasteiger partial charge on any atom is -0.506 e. The number of nitrogens with one attached hydrogen (secondary N) is 2. The second-order valence-electron chi connectivity index (χ2n) is 4.53. The van der Waals surface area contributed by atoms with Gasteiger partial charge in [0.15, 0.2) is 0 Å². The third-order valence-corrected chi connectivity index (χ3v) is 2.72. The molecule has 2 amide bonds.